The van der Waals surface area contributed by atoms with E-state index in [-0.39, 0.29) is 24.0 Å². The molecule has 3 aliphatic heterocycles. The molecule has 2 fully saturated rings. The quantitative estimate of drug-likeness (QED) is 0.471. The third-order valence-corrected chi connectivity index (χ3v) is 10.4. The molecule has 6 rings (SSSR count). The Hall–Kier alpha value is -3.65. The number of likely N-dealkylation sites (tertiary alicyclic amines) is 1. The van der Waals surface area contributed by atoms with Gasteiger partial charge in [0.05, 0.1) is 18.2 Å². The topological polar surface area (TPSA) is 111 Å². The molecule has 9 nitrogen and oxygen atoms in total. The fourth-order valence-corrected chi connectivity index (χ4v) is 8.11. The Morgan fingerprint density at radius 2 is 1.76 bits per heavy atom. The molecule has 0 aromatic heterocycles. The van der Waals surface area contributed by atoms with E-state index < -0.39 is 29.3 Å². The van der Waals surface area contributed by atoms with E-state index in [9.17, 15) is 24.6 Å². The van der Waals surface area contributed by atoms with E-state index in [1.165, 1.54) is 0 Å². The second-order valence-corrected chi connectivity index (χ2v) is 15.5. The molecule has 2 atom stereocenters. The Bertz CT molecular complexity index is 1550. The fourth-order valence-electron chi connectivity index (χ4n) is 8.11. The highest BCUT2D eigenvalue weighted by Crippen LogP contribution is 2.49. The minimum Gasteiger partial charge on any atom is -0.444 e. The highest BCUT2D eigenvalue weighted by atomic mass is 16.6. The van der Waals surface area contributed by atoms with Crippen LogP contribution in [-0.4, -0.2) is 93.4 Å². The van der Waals surface area contributed by atoms with Gasteiger partial charge in [-0.15, -0.1) is 0 Å². The monoisotopic (exact) mass is 629 g/mol. The van der Waals surface area contributed by atoms with Gasteiger partial charge in [-0.3, -0.25) is 9.69 Å². The first-order valence-electron chi connectivity index (χ1n) is 16.6. The number of ether oxygens (including phenoxy) is 1. The van der Waals surface area contributed by atoms with E-state index in [0.717, 1.165) is 42.4 Å². The number of piperidine rings is 1. The summed E-state index contributed by atoms with van der Waals surface area (Å²) in [6, 6.07) is 12.7. The predicted octanol–water partition coefficient (Wildman–Crippen LogP) is 4.72. The lowest BCUT2D eigenvalue weighted by Gasteiger charge is -2.50. The van der Waals surface area contributed by atoms with E-state index >= 15 is 0 Å². The number of nitrogens with zero attached hydrogens (tertiary/aromatic N) is 3. The van der Waals surface area contributed by atoms with Crippen molar-refractivity contribution in [3.8, 4) is 0 Å². The van der Waals surface area contributed by atoms with Crippen LogP contribution in [0.1, 0.15) is 99.0 Å². The third kappa shape index (κ3) is 6.08. The highest BCUT2D eigenvalue weighted by molar-refractivity contribution is 5.96. The summed E-state index contributed by atoms with van der Waals surface area (Å²) in [6.07, 6.45) is 2.46. The maximum absolute atomic E-state index is 13.6. The Labute approximate surface area is 271 Å². The molecule has 0 bridgehead atoms. The number of aliphatic hydroxyl groups excluding tert-OH is 2. The molecule has 2 N–H and O–H groups in total. The fraction of sp³-hybridized carbons (Fsp3) is 0.568. The van der Waals surface area contributed by atoms with Crippen molar-refractivity contribution in [2.75, 3.05) is 32.7 Å². The number of hydrogen-bond donors (Lipinski definition) is 2. The Kier molecular flexibility index (Phi) is 8.33. The average Bonchev–Trinajstić information content (AvgIpc) is 2.98. The zero-order valence-corrected chi connectivity index (χ0v) is 27.7. The first-order chi connectivity index (χ1) is 21.7. The molecule has 2 aromatic carbocycles. The van der Waals surface area contributed by atoms with Crippen LogP contribution in [0.15, 0.2) is 42.5 Å². The van der Waals surface area contributed by atoms with E-state index in [0.29, 0.717) is 49.4 Å². The van der Waals surface area contributed by atoms with Crippen LogP contribution in [0, 0.1) is 5.41 Å². The Morgan fingerprint density at radius 3 is 2.41 bits per heavy atom. The van der Waals surface area contributed by atoms with Gasteiger partial charge in [-0.2, -0.15) is 0 Å². The van der Waals surface area contributed by atoms with E-state index in [4.69, 9.17) is 4.74 Å². The largest absolute Gasteiger partial charge is 0.444 e. The summed E-state index contributed by atoms with van der Waals surface area (Å²) < 4.78 is 5.74. The molecule has 2 amide bonds. The molecule has 1 saturated heterocycles. The number of hydrogen-bond acceptors (Lipinski definition) is 7. The number of carbonyl (C=O) groups is 2. The molecule has 2 unspecified atom stereocenters. The maximum atomic E-state index is 13.6. The molecular weight excluding hydrogens is 582 g/mol. The summed E-state index contributed by atoms with van der Waals surface area (Å²) in [5, 5.41) is 21.7. The van der Waals surface area contributed by atoms with Crippen molar-refractivity contribution in [1.82, 2.24) is 14.7 Å². The molecule has 2 aromatic rings. The van der Waals surface area contributed by atoms with Gasteiger partial charge in [0.2, 0.25) is 0 Å². The van der Waals surface area contributed by atoms with Crippen LogP contribution < -0.4 is 0 Å². The smallest absolute Gasteiger partial charge is 0.410 e. The molecule has 1 spiro atoms. The number of benzene rings is 2. The minimum atomic E-state index is -1.02. The zero-order chi connectivity index (χ0) is 33.0. The van der Waals surface area contributed by atoms with E-state index in [2.05, 4.69) is 19.8 Å². The second kappa shape index (κ2) is 11.9. The average molecular weight is 630 g/mol. The van der Waals surface area contributed by atoms with Crippen molar-refractivity contribution in [2.45, 2.75) is 96.0 Å². The van der Waals surface area contributed by atoms with Gasteiger partial charge < -0.3 is 24.7 Å². The van der Waals surface area contributed by atoms with Crippen molar-refractivity contribution in [3.05, 3.63) is 70.3 Å². The van der Waals surface area contributed by atoms with Crippen LogP contribution in [0.25, 0.3) is 5.70 Å². The number of aliphatic hydroxyl groups is 2. The van der Waals surface area contributed by atoms with Gasteiger partial charge in [-0.05, 0) is 87.1 Å². The Morgan fingerprint density at radius 1 is 1.07 bits per heavy atom. The lowest BCUT2D eigenvalue weighted by Crippen LogP contribution is -2.51. The first kappa shape index (κ1) is 32.3. The molecule has 3 heterocycles. The molecular formula is C37H47N3O6. The lowest BCUT2D eigenvalue weighted by molar-refractivity contribution is -0.0637. The summed E-state index contributed by atoms with van der Waals surface area (Å²) in [4.78, 5) is 44.9. The van der Waals surface area contributed by atoms with Gasteiger partial charge in [-0.1, -0.05) is 44.2 Å². The van der Waals surface area contributed by atoms with Crippen molar-refractivity contribution in [3.63, 3.8) is 0 Å². The summed E-state index contributed by atoms with van der Waals surface area (Å²) in [6.45, 7) is 11.9. The molecule has 1 aliphatic carbocycles. The maximum Gasteiger partial charge on any atom is 0.410 e. The second-order valence-electron chi connectivity index (χ2n) is 15.5. The van der Waals surface area contributed by atoms with Crippen molar-refractivity contribution in [1.29, 1.82) is 0 Å². The molecule has 246 valence electrons. The summed E-state index contributed by atoms with van der Waals surface area (Å²) in [7, 11) is 0. The van der Waals surface area contributed by atoms with Crippen LogP contribution in [0.5, 0.6) is 0 Å². The normalized spacial score (nSPS) is 22.8. The zero-order valence-electron chi connectivity index (χ0n) is 27.7. The molecule has 9 heteroatoms. The predicted molar refractivity (Wildman–Crippen MR) is 175 cm³/mol. The van der Waals surface area contributed by atoms with Crippen LogP contribution in [0.4, 0.5) is 4.79 Å². The molecule has 4 aliphatic rings. The van der Waals surface area contributed by atoms with Gasteiger partial charge >= 0.3 is 6.09 Å². The molecule has 46 heavy (non-hydrogen) atoms. The lowest BCUT2D eigenvalue weighted by atomic mass is 9.61. The number of rotatable bonds is 4. The number of fused-ring (bicyclic) bond motifs is 2. The molecule has 1 saturated carbocycles. The summed E-state index contributed by atoms with van der Waals surface area (Å²) >= 11 is 0. The summed E-state index contributed by atoms with van der Waals surface area (Å²) in [5.74, 6) is 2.13. The first-order valence-corrected chi connectivity index (χ1v) is 16.6. The van der Waals surface area contributed by atoms with Crippen LogP contribution in [0.3, 0.4) is 0 Å². The number of carbonyl (C=O) groups excluding carboxylic acids is 3. The van der Waals surface area contributed by atoms with Crippen molar-refractivity contribution in [2.24, 2.45) is 5.41 Å². The van der Waals surface area contributed by atoms with Gasteiger partial charge in [0.15, 0.2) is 5.94 Å². The number of β-amino-alcohol motifs (C(OH)–C–C–N with tert-alkyl or cyclic N) is 1. The van der Waals surface area contributed by atoms with Crippen molar-refractivity contribution < 1.29 is 29.3 Å². The van der Waals surface area contributed by atoms with Crippen LogP contribution in [-0.2, 0) is 21.4 Å². The highest BCUT2D eigenvalue weighted by Gasteiger charge is 2.46. The Balaban J connectivity index is 1.23. The van der Waals surface area contributed by atoms with Gasteiger partial charge in [-0.25, -0.2) is 9.59 Å². The van der Waals surface area contributed by atoms with Crippen molar-refractivity contribution >= 4 is 23.6 Å². The third-order valence-electron chi connectivity index (χ3n) is 10.4. The van der Waals surface area contributed by atoms with Gasteiger partial charge in [0, 0.05) is 49.3 Å². The van der Waals surface area contributed by atoms with Crippen LogP contribution >= 0.6 is 0 Å². The summed E-state index contributed by atoms with van der Waals surface area (Å²) in [5.41, 5.74) is 3.54. The van der Waals surface area contributed by atoms with Gasteiger partial charge in [0.25, 0.3) is 5.91 Å². The van der Waals surface area contributed by atoms with Crippen LogP contribution in [0.2, 0.25) is 0 Å². The minimum absolute atomic E-state index is 0.0130. The SMILES string of the molecule is CC(C)(C)OC(=O)N1CCc2ccccc2C1C(O)CN1CC(C)(C)c2cc(C(=O)N3CCC4(CC3)CC(O)C4)ccc2C1=C=O. The standard InChI is InChI=1S/C37H47N3O6/c1-35(2,3)46-34(45)40-15-12-24-8-6-7-9-27(24)32(40)31(43)21-39-23-36(4,5)29-18-25(10-11-28(29)30(39)22-41)33(44)38-16-13-37(14-17-38)19-26(42)20-37/h6-11,18,26,31-32,42-43H,12-17,19-21,23H2,1-5H3. The number of amides is 2. The molecule has 0 radical (unpaired) electrons. The van der Waals surface area contributed by atoms with E-state index in [1.807, 2.05) is 67.0 Å². The van der Waals surface area contributed by atoms with E-state index in [1.54, 1.807) is 11.0 Å². The van der Waals surface area contributed by atoms with Gasteiger partial charge in [0.1, 0.15) is 11.3 Å².